The number of unbranched alkanes of at least 4 members (excludes halogenated alkanes) is 1. The Labute approximate surface area is 296 Å². The fourth-order valence-corrected chi connectivity index (χ4v) is 8.64. The first-order valence-corrected chi connectivity index (χ1v) is 18.2. The van der Waals surface area contributed by atoms with Crippen LogP contribution in [0.15, 0.2) is 55.6 Å². The third kappa shape index (κ3) is 8.12. The van der Waals surface area contributed by atoms with Crippen molar-refractivity contribution in [2.24, 2.45) is 11.8 Å². The van der Waals surface area contributed by atoms with Crippen molar-refractivity contribution in [3.8, 4) is 0 Å². The molecule has 4 heterocycles. The Kier molecular flexibility index (Phi) is 13.1. The van der Waals surface area contributed by atoms with E-state index in [-0.39, 0.29) is 42.8 Å². The number of allylic oxidation sites excluding steroid dienone is 1. The van der Waals surface area contributed by atoms with E-state index in [4.69, 9.17) is 14.2 Å². The van der Waals surface area contributed by atoms with Gasteiger partial charge in [-0.15, -0.1) is 13.2 Å². The summed E-state index contributed by atoms with van der Waals surface area (Å²) in [5, 5.41) is 12.6. The lowest BCUT2D eigenvalue weighted by atomic mass is 9.70. The number of aliphatic hydroxyl groups is 1. The first-order chi connectivity index (χ1) is 23.7. The predicted octanol–water partition coefficient (Wildman–Crippen LogP) is 2.22. The van der Waals surface area contributed by atoms with E-state index in [9.17, 15) is 24.3 Å². The van der Waals surface area contributed by atoms with E-state index in [0.717, 1.165) is 18.7 Å². The van der Waals surface area contributed by atoms with Crippen LogP contribution in [-0.4, -0.2) is 132 Å². The molecule has 1 spiro atoms. The lowest BCUT2D eigenvalue weighted by Gasteiger charge is -2.38. The van der Waals surface area contributed by atoms with Crippen LogP contribution in [-0.2, 0) is 33.4 Å². The number of carbonyl (C=O) groups is 4. The van der Waals surface area contributed by atoms with Crippen molar-refractivity contribution < 1.29 is 38.5 Å². The molecule has 0 radical (unpaired) electrons. The van der Waals surface area contributed by atoms with Gasteiger partial charge in [0.2, 0.25) is 17.7 Å². The Morgan fingerprint density at radius 1 is 1.14 bits per heavy atom. The number of hydrogen-bond acceptors (Lipinski definition) is 9. The number of nitrogens with one attached hydrogen (secondary N) is 1. The average molecular weight is 746 g/mol. The van der Waals surface area contributed by atoms with Crippen LogP contribution in [0.4, 0.5) is 0 Å². The SMILES string of the molecule is C=CCCC(=O)OC[C@@H](NC(=O)[C@H]1[C@@H]2O[C@@]3(CC2Br)[C@@H]1C(=O)N(CCCCO)[C@@H]3C(=O)N(CC=C)CCN1CCOCC1)c1ccccc1. The van der Waals surface area contributed by atoms with Gasteiger partial charge in [-0.3, -0.25) is 24.1 Å². The van der Waals surface area contributed by atoms with Crippen molar-refractivity contribution in [1.29, 1.82) is 0 Å². The van der Waals surface area contributed by atoms with Gasteiger partial charge in [0.15, 0.2) is 0 Å². The third-order valence-corrected chi connectivity index (χ3v) is 10.9. The Balaban J connectivity index is 1.41. The molecule has 7 atom stereocenters. The number of esters is 1. The molecule has 4 aliphatic heterocycles. The lowest BCUT2D eigenvalue weighted by molar-refractivity contribution is -0.148. The molecular formula is C36H49BrN4O8. The molecule has 4 saturated heterocycles. The van der Waals surface area contributed by atoms with Crippen molar-refractivity contribution in [2.45, 2.75) is 60.7 Å². The molecular weight excluding hydrogens is 696 g/mol. The number of amides is 3. The van der Waals surface area contributed by atoms with E-state index in [2.05, 4.69) is 39.3 Å². The quantitative estimate of drug-likeness (QED) is 0.100. The first-order valence-electron chi connectivity index (χ1n) is 17.3. The van der Waals surface area contributed by atoms with Crippen LogP contribution >= 0.6 is 15.9 Å². The molecule has 5 rings (SSSR count). The maximum Gasteiger partial charge on any atom is 0.306 e. The molecule has 2 N–H and O–H groups in total. The fourth-order valence-electron chi connectivity index (χ4n) is 7.69. The molecule has 4 aliphatic rings. The summed E-state index contributed by atoms with van der Waals surface area (Å²) in [6, 6.07) is 7.63. The van der Waals surface area contributed by atoms with Crippen LogP contribution in [0.5, 0.6) is 0 Å². The van der Waals surface area contributed by atoms with Gasteiger partial charge in [-0.25, -0.2) is 0 Å². The molecule has 0 aliphatic carbocycles. The minimum Gasteiger partial charge on any atom is -0.463 e. The third-order valence-electron chi connectivity index (χ3n) is 10.1. The van der Waals surface area contributed by atoms with Gasteiger partial charge in [-0.1, -0.05) is 58.4 Å². The summed E-state index contributed by atoms with van der Waals surface area (Å²) in [5.74, 6) is -3.09. The van der Waals surface area contributed by atoms with Gasteiger partial charge >= 0.3 is 5.97 Å². The number of nitrogens with zero attached hydrogens (tertiary/aromatic N) is 3. The molecule has 0 aromatic heterocycles. The van der Waals surface area contributed by atoms with Crippen LogP contribution in [0.25, 0.3) is 0 Å². The zero-order chi connectivity index (χ0) is 35.0. The van der Waals surface area contributed by atoms with Gasteiger partial charge in [-0.2, -0.15) is 0 Å². The minimum absolute atomic E-state index is 0.0382. The second-order valence-electron chi connectivity index (χ2n) is 13.1. The Hall–Kier alpha value is -3.10. The van der Waals surface area contributed by atoms with Gasteiger partial charge in [0, 0.05) is 57.1 Å². The summed E-state index contributed by atoms with van der Waals surface area (Å²) >= 11 is 3.75. The highest BCUT2D eigenvalue weighted by atomic mass is 79.9. The monoisotopic (exact) mass is 744 g/mol. The highest BCUT2D eigenvalue weighted by molar-refractivity contribution is 9.09. The maximum atomic E-state index is 14.6. The van der Waals surface area contributed by atoms with Crippen molar-refractivity contribution in [1.82, 2.24) is 20.0 Å². The molecule has 268 valence electrons. The number of fused-ring (bicyclic) bond motifs is 1. The van der Waals surface area contributed by atoms with Crippen LogP contribution < -0.4 is 5.32 Å². The summed E-state index contributed by atoms with van der Waals surface area (Å²) in [5.41, 5.74) is -0.468. The number of likely N-dealkylation sites (tertiary alicyclic amines) is 1. The highest BCUT2D eigenvalue weighted by Crippen LogP contribution is 2.60. The molecule has 1 aromatic carbocycles. The molecule has 1 unspecified atom stereocenters. The number of morpholine rings is 1. The summed E-state index contributed by atoms with van der Waals surface area (Å²) in [4.78, 5) is 61.1. The summed E-state index contributed by atoms with van der Waals surface area (Å²) in [6.07, 6.45) is 4.69. The van der Waals surface area contributed by atoms with E-state index in [1.54, 1.807) is 22.0 Å². The zero-order valence-corrected chi connectivity index (χ0v) is 29.6. The second-order valence-corrected chi connectivity index (χ2v) is 14.3. The largest absolute Gasteiger partial charge is 0.463 e. The Bertz CT molecular complexity index is 1340. The van der Waals surface area contributed by atoms with Gasteiger partial charge in [0.05, 0.1) is 37.2 Å². The molecule has 13 heteroatoms. The number of hydrogen-bond donors (Lipinski definition) is 2. The number of carbonyl (C=O) groups excluding carboxylic acids is 4. The molecule has 2 bridgehead atoms. The van der Waals surface area contributed by atoms with E-state index in [1.807, 2.05) is 30.3 Å². The van der Waals surface area contributed by atoms with Crippen molar-refractivity contribution in [3.05, 3.63) is 61.2 Å². The summed E-state index contributed by atoms with van der Waals surface area (Å²) < 4.78 is 17.7. The number of aliphatic hydroxyl groups excluding tert-OH is 1. The van der Waals surface area contributed by atoms with Crippen molar-refractivity contribution in [2.75, 3.05) is 65.7 Å². The smallest absolute Gasteiger partial charge is 0.306 e. The van der Waals surface area contributed by atoms with Gasteiger partial charge in [0.1, 0.15) is 18.2 Å². The van der Waals surface area contributed by atoms with Crippen LogP contribution in [0, 0.1) is 11.8 Å². The van der Waals surface area contributed by atoms with E-state index >= 15 is 0 Å². The average Bonchev–Trinajstić information content (AvgIpc) is 3.71. The van der Waals surface area contributed by atoms with E-state index < -0.39 is 47.5 Å². The summed E-state index contributed by atoms with van der Waals surface area (Å²) in [6.45, 7) is 11.9. The van der Waals surface area contributed by atoms with Gasteiger partial charge in [-0.05, 0) is 31.2 Å². The van der Waals surface area contributed by atoms with E-state index in [0.29, 0.717) is 58.5 Å². The van der Waals surface area contributed by atoms with Gasteiger partial charge < -0.3 is 34.4 Å². The first kappa shape index (κ1) is 37.2. The number of benzene rings is 1. The molecule has 1 aromatic rings. The number of rotatable bonds is 18. The lowest BCUT2D eigenvalue weighted by Crippen LogP contribution is -2.58. The maximum absolute atomic E-state index is 14.6. The Morgan fingerprint density at radius 2 is 1.90 bits per heavy atom. The Morgan fingerprint density at radius 3 is 2.59 bits per heavy atom. The summed E-state index contributed by atoms with van der Waals surface area (Å²) in [7, 11) is 0. The second kappa shape index (κ2) is 17.2. The van der Waals surface area contributed by atoms with Gasteiger partial charge in [0.25, 0.3) is 0 Å². The zero-order valence-electron chi connectivity index (χ0n) is 28.1. The van der Waals surface area contributed by atoms with E-state index in [1.165, 1.54) is 0 Å². The topological polar surface area (TPSA) is 138 Å². The number of alkyl halides is 1. The van der Waals surface area contributed by atoms with Crippen LogP contribution in [0.1, 0.15) is 43.7 Å². The van der Waals surface area contributed by atoms with Crippen molar-refractivity contribution >= 4 is 39.6 Å². The predicted molar refractivity (Wildman–Crippen MR) is 185 cm³/mol. The number of ether oxygens (including phenoxy) is 3. The fraction of sp³-hybridized carbons (Fsp3) is 0.611. The molecule has 3 amide bonds. The number of halogens is 1. The molecule has 12 nitrogen and oxygen atoms in total. The highest BCUT2D eigenvalue weighted by Gasteiger charge is 2.76. The standard InChI is InChI=1S/C36H49BrN4O8/c1-3-5-13-28(43)48-24-27(25-11-7-6-8-12-25)38-33(44)29-30-34(45)41(15-9-10-20-42)32(36(30)23-26(37)31(29)49-36)35(46)40(14-4-2)17-16-39-18-21-47-22-19-39/h3-4,6-8,11-12,26-27,29-32,42H,1-2,5,9-10,13-24H2,(H,38,44)/t26?,27-,29-,30+,31-,32-,36+/m1/s1. The normalized spacial score (nSPS) is 28.2. The minimum atomic E-state index is -1.22. The van der Waals surface area contributed by atoms with Crippen LogP contribution in [0.3, 0.4) is 0 Å². The van der Waals surface area contributed by atoms with Crippen molar-refractivity contribution in [3.63, 3.8) is 0 Å². The van der Waals surface area contributed by atoms with Crippen LogP contribution in [0.2, 0.25) is 0 Å². The molecule has 0 saturated carbocycles. The molecule has 4 fully saturated rings. The molecule has 49 heavy (non-hydrogen) atoms.